The zero-order chi connectivity index (χ0) is 23.2. The van der Waals surface area contributed by atoms with Crippen LogP contribution in [0, 0.1) is 18.7 Å². The van der Waals surface area contributed by atoms with Crippen molar-refractivity contribution in [3.8, 4) is 0 Å². The number of anilines is 2. The van der Waals surface area contributed by atoms with Gasteiger partial charge in [-0.3, -0.25) is 9.69 Å². The van der Waals surface area contributed by atoms with Crippen molar-refractivity contribution >= 4 is 17.7 Å². The number of benzene rings is 2. The number of nitrogens with one attached hydrogen (secondary N) is 2. The topological polar surface area (TPSA) is 70.2 Å². The largest absolute Gasteiger partial charge is 0.348 e. The van der Waals surface area contributed by atoms with Crippen LogP contribution in [0.5, 0.6) is 0 Å². The molecule has 0 saturated carbocycles. The lowest BCUT2D eigenvalue weighted by atomic mass is 9.97. The van der Waals surface area contributed by atoms with Gasteiger partial charge in [-0.2, -0.15) is 4.98 Å². The van der Waals surface area contributed by atoms with Crippen LogP contribution in [0.2, 0.25) is 0 Å². The van der Waals surface area contributed by atoms with E-state index in [1.165, 1.54) is 6.07 Å². The molecule has 3 aromatic rings. The summed E-state index contributed by atoms with van der Waals surface area (Å²) in [6.07, 6.45) is 3.61. The fraction of sp³-hybridized carbons (Fsp3) is 0.346. The molecule has 0 spiro atoms. The summed E-state index contributed by atoms with van der Waals surface area (Å²) in [5.74, 6) is 0.678. The van der Waals surface area contributed by atoms with Crippen LogP contribution >= 0.6 is 0 Å². The Bertz CT molecular complexity index is 1090. The van der Waals surface area contributed by atoms with Crippen molar-refractivity contribution in [2.45, 2.75) is 32.7 Å². The summed E-state index contributed by atoms with van der Waals surface area (Å²) in [5.41, 5.74) is 1.82. The Kier molecular flexibility index (Phi) is 7.29. The van der Waals surface area contributed by atoms with Crippen molar-refractivity contribution in [1.82, 2.24) is 15.3 Å². The minimum Gasteiger partial charge on any atom is -0.348 e. The summed E-state index contributed by atoms with van der Waals surface area (Å²) in [5, 5.41) is 6.69. The normalized spacial score (nSPS) is 15.1. The Balaban J connectivity index is 1.63. The zero-order valence-electron chi connectivity index (χ0n) is 19.1. The Morgan fingerprint density at radius 2 is 1.91 bits per heavy atom. The second kappa shape index (κ2) is 10.5. The number of nitrogens with zero attached hydrogens (tertiary/aromatic N) is 3. The second-order valence-electron chi connectivity index (χ2n) is 8.54. The van der Waals surface area contributed by atoms with Crippen molar-refractivity contribution in [1.29, 1.82) is 0 Å². The van der Waals surface area contributed by atoms with Gasteiger partial charge in [0, 0.05) is 18.3 Å². The van der Waals surface area contributed by atoms with Crippen molar-refractivity contribution in [3.63, 3.8) is 0 Å². The lowest BCUT2D eigenvalue weighted by Crippen LogP contribution is -2.40. The maximum atomic E-state index is 14.2. The molecule has 1 aromatic heterocycles. The smallest absolute Gasteiger partial charge is 0.259 e. The number of halogens is 1. The Labute approximate surface area is 194 Å². The number of hydrogen-bond donors (Lipinski definition) is 2. The average molecular weight is 448 g/mol. The summed E-state index contributed by atoms with van der Waals surface area (Å²) in [4.78, 5) is 24.3. The van der Waals surface area contributed by atoms with Gasteiger partial charge in [-0.1, -0.05) is 36.4 Å². The molecular weight excluding hydrogens is 417 g/mol. The molecule has 1 aliphatic heterocycles. The minimum absolute atomic E-state index is 0.000448. The van der Waals surface area contributed by atoms with E-state index in [1.807, 2.05) is 37.3 Å². The monoisotopic (exact) mass is 447 g/mol. The highest BCUT2D eigenvalue weighted by Crippen LogP contribution is 2.24. The molecule has 2 N–H and O–H groups in total. The van der Waals surface area contributed by atoms with E-state index in [4.69, 9.17) is 0 Å². The van der Waals surface area contributed by atoms with E-state index in [0.29, 0.717) is 35.4 Å². The van der Waals surface area contributed by atoms with Crippen molar-refractivity contribution in [2.75, 3.05) is 29.9 Å². The molecule has 0 aliphatic carbocycles. The predicted molar refractivity (Wildman–Crippen MR) is 129 cm³/mol. The third-order valence-corrected chi connectivity index (χ3v) is 6.21. The summed E-state index contributed by atoms with van der Waals surface area (Å²) in [6.45, 7) is 6.06. The number of aromatic nitrogens is 2. The molecule has 0 radical (unpaired) electrons. The Morgan fingerprint density at radius 1 is 1.15 bits per heavy atom. The number of piperidine rings is 1. The van der Waals surface area contributed by atoms with E-state index in [0.717, 1.165) is 31.5 Å². The number of amides is 1. The number of rotatable bonds is 7. The molecule has 0 unspecified atom stereocenters. The number of hydrogen-bond acceptors (Lipinski definition) is 5. The molecular formula is C26H30FN5O. The van der Waals surface area contributed by atoms with Crippen LogP contribution in [-0.2, 0) is 0 Å². The Hall–Kier alpha value is -3.32. The summed E-state index contributed by atoms with van der Waals surface area (Å²) in [6, 6.07) is 16.4. The van der Waals surface area contributed by atoms with Crippen LogP contribution in [-0.4, -0.2) is 35.5 Å². The summed E-state index contributed by atoms with van der Waals surface area (Å²) in [7, 11) is 0. The van der Waals surface area contributed by atoms with Crippen LogP contribution in [0.1, 0.15) is 47.3 Å². The molecule has 4 rings (SSSR count). The first-order valence-electron chi connectivity index (χ1n) is 11.4. The van der Waals surface area contributed by atoms with E-state index in [1.54, 1.807) is 36.2 Å². The van der Waals surface area contributed by atoms with Gasteiger partial charge in [0.1, 0.15) is 11.6 Å². The van der Waals surface area contributed by atoms with Gasteiger partial charge < -0.3 is 10.6 Å². The molecule has 1 fully saturated rings. The molecule has 1 saturated heterocycles. The average Bonchev–Trinajstić information content (AvgIpc) is 2.85. The van der Waals surface area contributed by atoms with Gasteiger partial charge in [-0.15, -0.1) is 0 Å². The molecule has 0 bridgehead atoms. The molecule has 2 heterocycles. The molecule has 1 atom stereocenters. The molecule has 33 heavy (non-hydrogen) atoms. The first kappa shape index (κ1) is 22.9. The van der Waals surface area contributed by atoms with E-state index in [9.17, 15) is 9.18 Å². The van der Waals surface area contributed by atoms with Gasteiger partial charge in [0.2, 0.25) is 5.95 Å². The van der Waals surface area contributed by atoms with Crippen LogP contribution in [0.3, 0.4) is 0 Å². The third-order valence-electron chi connectivity index (χ3n) is 6.21. The van der Waals surface area contributed by atoms with Crippen molar-refractivity contribution < 1.29 is 9.18 Å². The fourth-order valence-electron chi connectivity index (χ4n) is 4.18. The van der Waals surface area contributed by atoms with Crippen LogP contribution in [0.4, 0.5) is 16.2 Å². The number of carbonyl (C=O) groups is 1. The lowest BCUT2D eigenvalue weighted by Gasteiger charge is -2.30. The van der Waals surface area contributed by atoms with E-state index in [2.05, 4.69) is 20.6 Å². The van der Waals surface area contributed by atoms with Gasteiger partial charge in [0.15, 0.2) is 0 Å². The van der Waals surface area contributed by atoms with E-state index < -0.39 is 0 Å². The third kappa shape index (κ3) is 5.54. The molecule has 1 amide bonds. The van der Waals surface area contributed by atoms with Crippen LogP contribution in [0.25, 0.3) is 0 Å². The number of carbonyl (C=O) groups excluding carboxylic acids is 1. The highest BCUT2D eigenvalue weighted by atomic mass is 19.1. The summed E-state index contributed by atoms with van der Waals surface area (Å²) < 4.78 is 14.2. The highest BCUT2D eigenvalue weighted by Gasteiger charge is 2.26. The SMILES string of the molecule is Cc1c(F)cccc1C(=O)N(CC1CCNCC1)c1ccnc(N[C@@H](C)c2ccccc2)n1. The van der Waals surface area contributed by atoms with E-state index in [-0.39, 0.29) is 17.8 Å². The molecule has 6 nitrogen and oxygen atoms in total. The van der Waals surface area contributed by atoms with Crippen molar-refractivity contribution in [3.05, 3.63) is 83.3 Å². The van der Waals surface area contributed by atoms with Gasteiger partial charge in [-0.25, -0.2) is 9.37 Å². The molecule has 2 aromatic carbocycles. The van der Waals surface area contributed by atoms with Crippen LogP contribution in [0.15, 0.2) is 60.8 Å². The maximum Gasteiger partial charge on any atom is 0.259 e. The molecule has 1 aliphatic rings. The molecule has 7 heteroatoms. The Morgan fingerprint density at radius 3 is 2.67 bits per heavy atom. The van der Waals surface area contributed by atoms with E-state index >= 15 is 0 Å². The van der Waals surface area contributed by atoms with Gasteiger partial charge in [0.25, 0.3) is 5.91 Å². The van der Waals surface area contributed by atoms with Gasteiger partial charge in [-0.05, 0) is 75.0 Å². The first-order valence-corrected chi connectivity index (χ1v) is 11.4. The standard InChI is InChI=1S/C26H30FN5O/c1-18-22(9-6-10-23(18)27)25(33)32(17-20-11-14-28-15-12-20)24-13-16-29-26(31-24)30-19(2)21-7-4-3-5-8-21/h3-10,13,16,19-20,28H,11-12,14-15,17H2,1-2H3,(H,29,30,31)/t19-/m0/s1. The van der Waals surface area contributed by atoms with Crippen LogP contribution < -0.4 is 15.5 Å². The van der Waals surface area contributed by atoms with Gasteiger partial charge >= 0.3 is 0 Å². The summed E-state index contributed by atoms with van der Waals surface area (Å²) >= 11 is 0. The molecule has 172 valence electrons. The maximum absolute atomic E-state index is 14.2. The van der Waals surface area contributed by atoms with Gasteiger partial charge in [0.05, 0.1) is 6.04 Å². The predicted octanol–water partition coefficient (Wildman–Crippen LogP) is 4.74. The van der Waals surface area contributed by atoms with Crippen molar-refractivity contribution in [2.24, 2.45) is 5.92 Å². The first-order chi connectivity index (χ1) is 16.0. The lowest BCUT2D eigenvalue weighted by molar-refractivity contribution is 0.0979. The second-order valence-corrected chi connectivity index (χ2v) is 8.54. The minimum atomic E-state index is -0.385. The fourth-order valence-corrected chi connectivity index (χ4v) is 4.18. The highest BCUT2D eigenvalue weighted by molar-refractivity contribution is 6.06. The zero-order valence-corrected chi connectivity index (χ0v) is 19.1. The quantitative estimate of drug-likeness (QED) is 0.547.